The van der Waals surface area contributed by atoms with Gasteiger partial charge in [-0.25, -0.2) is 4.39 Å². The van der Waals surface area contributed by atoms with Crippen LogP contribution in [0.25, 0.3) is 0 Å². The number of halogens is 1. The van der Waals surface area contributed by atoms with Gasteiger partial charge in [-0.05, 0) is 18.9 Å². The molecule has 1 aromatic carbocycles. The monoisotopic (exact) mass is 264 g/mol. The highest BCUT2D eigenvalue weighted by Gasteiger charge is 2.26. The summed E-state index contributed by atoms with van der Waals surface area (Å²) in [6.07, 6.45) is 5.02. The lowest BCUT2D eigenvalue weighted by atomic mass is 9.94. The molecule has 2 atom stereocenters. The van der Waals surface area contributed by atoms with Crippen LogP contribution in [0.15, 0.2) is 24.3 Å². The van der Waals surface area contributed by atoms with E-state index >= 15 is 0 Å². The Bertz CT molecular complexity index is 436. The third-order valence-corrected chi connectivity index (χ3v) is 3.82. The zero-order chi connectivity index (χ0) is 13.7. The summed E-state index contributed by atoms with van der Waals surface area (Å²) in [7, 11) is 0. The summed E-state index contributed by atoms with van der Waals surface area (Å²) >= 11 is 0. The average Bonchev–Trinajstić information content (AvgIpc) is 2.62. The van der Waals surface area contributed by atoms with Crippen molar-refractivity contribution < 1.29 is 9.18 Å². The third-order valence-electron chi connectivity index (χ3n) is 3.82. The first-order valence-corrected chi connectivity index (χ1v) is 6.95. The van der Waals surface area contributed by atoms with E-state index in [0.717, 1.165) is 32.1 Å². The second kappa shape index (κ2) is 6.66. The topological polar surface area (TPSA) is 55.1 Å². The van der Waals surface area contributed by atoms with Gasteiger partial charge in [0.1, 0.15) is 5.82 Å². The maximum Gasteiger partial charge on any atom is 0.224 e. The Kier molecular flexibility index (Phi) is 4.91. The van der Waals surface area contributed by atoms with E-state index in [1.807, 2.05) is 0 Å². The molecule has 19 heavy (non-hydrogen) atoms. The molecule has 0 heterocycles. The molecule has 0 radical (unpaired) electrons. The van der Waals surface area contributed by atoms with Crippen molar-refractivity contribution in [1.82, 2.24) is 5.32 Å². The van der Waals surface area contributed by atoms with Gasteiger partial charge in [0.05, 0.1) is 5.92 Å². The Labute approximate surface area is 113 Å². The zero-order valence-corrected chi connectivity index (χ0v) is 11.1. The van der Waals surface area contributed by atoms with E-state index in [4.69, 9.17) is 5.73 Å². The van der Waals surface area contributed by atoms with Crippen LogP contribution >= 0.6 is 0 Å². The summed E-state index contributed by atoms with van der Waals surface area (Å²) in [5, 5.41) is 2.81. The standard InChI is InChI=1S/C15H21FN2O/c16-13-8-5-4-6-11(13)10-18-15(19)12-7-2-1-3-9-14(12)17/h4-6,8,12,14H,1-3,7,9-10,17H2,(H,18,19). The summed E-state index contributed by atoms with van der Waals surface area (Å²) in [6.45, 7) is 0.231. The molecule has 0 aromatic heterocycles. The molecule has 1 amide bonds. The van der Waals surface area contributed by atoms with Crippen molar-refractivity contribution >= 4 is 5.91 Å². The van der Waals surface area contributed by atoms with Crippen LogP contribution < -0.4 is 11.1 Å². The van der Waals surface area contributed by atoms with Gasteiger partial charge in [-0.1, -0.05) is 37.5 Å². The van der Waals surface area contributed by atoms with E-state index < -0.39 is 0 Å². The Morgan fingerprint density at radius 1 is 1.26 bits per heavy atom. The fourth-order valence-electron chi connectivity index (χ4n) is 2.62. The molecule has 104 valence electrons. The van der Waals surface area contributed by atoms with Crippen LogP contribution in [0.5, 0.6) is 0 Å². The normalized spacial score (nSPS) is 23.7. The number of carbonyl (C=O) groups excluding carboxylic acids is 1. The minimum Gasteiger partial charge on any atom is -0.352 e. The molecule has 1 aromatic rings. The van der Waals surface area contributed by atoms with Gasteiger partial charge in [0.2, 0.25) is 5.91 Å². The Morgan fingerprint density at radius 2 is 2.00 bits per heavy atom. The maximum atomic E-state index is 13.4. The van der Waals surface area contributed by atoms with Gasteiger partial charge < -0.3 is 11.1 Å². The number of nitrogens with two attached hydrogens (primary N) is 1. The zero-order valence-electron chi connectivity index (χ0n) is 11.1. The lowest BCUT2D eigenvalue weighted by molar-refractivity contribution is -0.126. The van der Waals surface area contributed by atoms with Crippen molar-refractivity contribution in [2.75, 3.05) is 0 Å². The van der Waals surface area contributed by atoms with Crippen LogP contribution in [0.3, 0.4) is 0 Å². The predicted octanol–water partition coefficient (Wildman–Crippen LogP) is 2.35. The van der Waals surface area contributed by atoms with Crippen LogP contribution in [0, 0.1) is 11.7 Å². The van der Waals surface area contributed by atoms with Gasteiger partial charge in [0.25, 0.3) is 0 Å². The molecule has 0 saturated heterocycles. The summed E-state index contributed by atoms with van der Waals surface area (Å²) in [6, 6.07) is 6.42. The number of benzene rings is 1. The summed E-state index contributed by atoms with van der Waals surface area (Å²) < 4.78 is 13.4. The molecule has 2 rings (SSSR count). The van der Waals surface area contributed by atoms with E-state index in [-0.39, 0.29) is 30.2 Å². The Balaban J connectivity index is 1.91. The van der Waals surface area contributed by atoms with Gasteiger partial charge in [0, 0.05) is 18.2 Å². The van der Waals surface area contributed by atoms with Crippen LogP contribution in [0.1, 0.15) is 37.7 Å². The van der Waals surface area contributed by atoms with Gasteiger partial charge in [0.15, 0.2) is 0 Å². The molecule has 1 fully saturated rings. The van der Waals surface area contributed by atoms with E-state index in [9.17, 15) is 9.18 Å². The smallest absolute Gasteiger partial charge is 0.224 e. The Morgan fingerprint density at radius 3 is 2.79 bits per heavy atom. The fraction of sp³-hybridized carbons (Fsp3) is 0.533. The maximum absolute atomic E-state index is 13.4. The molecule has 1 aliphatic carbocycles. The quantitative estimate of drug-likeness (QED) is 0.823. The molecule has 3 N–H and O–H groups in total. The number of rotatable bonds is 3. The van der Waals surface area contributed by atoms with Crippen molar-refractivity contribution in [3.8, 4) is 0 Å². The molecule has 2 unspecified atom stereocenters. The minimum absolute atomic E-state index is 0.0438. The number of hydrogen-bond acceptors (Lipinski definition) is 2. The summed E-state index contributed by atoms with van der Waals surface area (Å²) in [5.74, 6) is -0.458. The van der Waals surface area contributed by atoms with Gasteiger partial charge >= 0.3 is 0 Å². The van der Waals surface area contributed by atoms with E-state index in [2.05, 4.69) is 5.32 Å². The molecule has 0 bridgehead atoms. The molecular weight excluding hydrogens is 243 g/mol. The van der Waals surface area contributed by atoms with E-state index in [1.165, 1.54) is 6.07 Å². The van der Waals surface area contributed by atoms with E-state index in [0.29, 0.717) is 5.56 Å². The second-order valence-electron chi connectivity index (χ2n) is 5.22. The highest BCUT2D eigenvalue weighted by atomic mass is 19.1. The first-order valence-electron chi connectivity index (χ1n) is 6.95. The number of amides is 1. The third kappa shape index (κ3) is 3.77. The number of nitrogens with one attached hydrogen (secondary N) is 1. The molecule has 1 aliphatic rings. The second-order valence-corrected chi connectivity index (χ2v) is 5.22. The highest BCUT2D eigenvalue weighted by Crippen LogP contribution is 2.22. The highest BCUT2D eigenvalue weighted by molar-refractivity contribution is 5.79. The Hall–Kier alpha value is -1.42. The van der Waals surface area contributed by atoms with Crippen LogP contribution in [0.2, 0.25) is 0 Å². The molecule has 0 aliphatic heterocycles. The van der Waals surface area contributed by atoms with Gasteiger partial charge in [-0.2, -0.15) is 0 Å². The fourth-order valence-corrected chi connectivity index (χ4v) is 2.62. The van der Waals surface area contributed by atoms with Gasteiger partial charge in [-0.3, -0.25) is 4.79 Å². The van der Waals surface area contributed by atoms with Crippen molar-refractivity contribution in [3.63, 3.8) is 0 Å². The first-order chi connectivity index (χ1) is 9.18. The molecule has 1 saturated carbocycles. The largest absolute Gasteiger partial charge is 0.352 e. The van der Waals surface area contributed by atoms with E-state index in [1.54, 1.807) is 18.2 Å². The molecule has 0 spiro atoms. The first kappa shape index (κ1) is 14.0. The minimum atomic E-state index is -0.284. The SMILES string of the molecule is NC1CCCCCC1C(=O)NCc1ccccc1F. The lowest BCUT2D eigenvalue weighted by Gasteiger charge is -2.20. The molecule has 3 nitrogen and oxygen atoms in total. The number of carbonyl (C=O) groups is 1. The van der Waals surface area contributed by atoms with Crippen LogP contribution in [0.4, 0.5) is 4.39 Å². The van der Waals surface area contributed by atoms with Crippen LogP contribution in [-0.4, -0.2) is 11.9 Å². The molecule has 4 heteroatoms. The van der Waals surface area contributed by atoms with Gasteiger partial charge in [-0.15, -0.1) is 0 Å². The summed E-state index contributed by atoms with van der Waals surface area (Å²) in [5.41, 5.74) is 6.56. The predicted molar refractivity (Wildman–Crippen MR) is 72.8 cm³/mol. The summed E-state index contributed by atoms with van der Waals surface area (Å²) in [4.78, 5) is 12.1. The van der Waals surface area contributed by atoms with Crippen LogP contribution in [-0.2, 0) is 11.3 Å². The van der Waals surface area contributed by atoms with Crippen molar-refractivity contribution in [3.05, 3.63) is 35.6 Å². The van der Waals surface area contributed by atoms with Crippen molar-refractivity contribution in [2.45, 2.75) is 44.7 Å². The molecular formula is C15H21FN2O. The van der Waals surface area contributed by atoms with Crippen molar-refractivity contribution in [1.29, 1.82) is 0 Å². The lowest BCUT2D eigenvalue weighted by Crippen LogP contribution is -2.41. The van der Waals surface area contributed by atoms with Crippen molar-refractivity contribution in [2.24, 2.45) is 11.7 Å². The average molecular weight is 264 g/mol. The number of hydrogen-bond donors (Lipinski definition) is 2.